The summed E-state index contributed by atoms with van der Waals surface area (Å²) in [6.07, 6.45) is 3.26. The number of fused-ring (bicyclic) bond motifs is 1. The number of anilines is 3. The van der Waals surface area contributed by atoms with Gasteiger partial charge < -0.3 is 20.4 Å². The molecular formula is C26H20Cl2F3N5O2. The van der Waals surface area contributed by atoms with E-state index in [2.05, 4.69) is 25.6 Å². The molecule has 0 aliphatic rings. The molecule has 3 N–H and O–H groups in total. The van der Waals surface area contributed by atoms with Crippen LogP contribution in [0.3, 0.4) is 0 Å². The Morgan fingerprint density at radius 2 is 1.74 bits per heavy atom. The number of amides is 1. The molecule has 3 heterocycles. The molecule has 0 fully saturated rings. The van der Waals surface area contributed by atoms with Crippen LogP contribution in [0.4, 0.5) is 30.4 Å². The molecule has 38 heavy (non-hydrogen) atoms. The molecule has 0 spiro atoms. The summed E-state index contributed by atoms with van der Waals surface area (Å²) in [5.74, 6) is -2.44. The highest BCUT2D eigenvalue weighted by Crippen LogP contribution is 2.32. The predicted octanol–water partition coefficient (Wildman–Crippen LogP) is 7.32. The zero-order chi connectivity index (χ0) is 25.2. The average molecular weight is 562 g/mol. The Hall–Kier alpha value is -4.28. The summed E-state index contributed by atoms with van der Waals surface area (Å²) >= 11 is 0. The number of hydrogen-bond donors (Lipinski definition) is 3. The molecule has 7 nitrogen and oxygen atoms in total. The Kier molecular flexibility index (Phi) is 8.82. The number of ether oxygens (including phenoxy) is 1. The van der Waals surface area contributed by atoms with Crippen LogP contribution in [-0.4, -0.2) is 20.9 Å². The molecule has 1 amide bonds. The number of halogens is 5. The number of nitrogens with one attached hydrogen (secondary N) is 3. The molecule has 0 aliphatic heterocycles. The largest absolute Gasteiger partial charge is 0.453 e. The number of nitrogens with zero attached hydrogens (tertiary/aromatic N) is 2. The van der Waals surface area contributed by atoms with Crippen molar-refractivity contribution in [1.29, 1.82) is 0 Å². The van der Waals surface area contributed by atoms with Gasteiger partial charge in [-0.1, -0.05) is 0 Å². The van der Waals surface area contributed by atoms with Crippen molar-refractivity contribution in [3.8, 4) is 11.5 Å². The standard InChI is InChI=1S/C26H18F3N5O2.2ClH/c1-14-2-5-18(26(35)34-21-6-3-15(27)12-19(21)28)25(32-14)33-16-4-7-23(20(29)13-16)36-22-9-11-31-24-17(22)8-10-30-24;;/h2-13H,1H3,(H,30,31)(H,32,33)(H,34,35);2*1H. The maximum atomic E-state index is 14.9. The smallest absolute Gasteiger partial charge is 0.259 e. The number of carbonyl (C=O) groups excluding carboxylic acids is 1. The van der Waals surface area contributed by atoms with E-state index < -0.39 is 23.4 Å². The van der Waals surface area contributed by atoms with Gasteiger partial charge in [0.05, 0.1) is 16.6 Å². The quantitative estimate of drug-likeness (QED) is 0.202. The lowest BCUT2D eigenvalue weighted by atomic mass is 10.2. The number of carbonyl (C=O) groups is 1. The van der Waals surface area contributed by atoms with Crippen LogP contribution in [-0.2, 0) is 0 Å². The molecule has 2 aromatic carbocycles. The summed E-state index contributed by atoms with van der Waals surface area (Å²) in [6.45, 7) is 1.72. The first-order valence-corrected chi connectivity index (χ1v) is 10.8. The van der Waals surface area contributed by atoms with Gasteiger partial charge in [0.1, 0.15) is 28.8 Å². The SMILES string of the molecule is Cc1ccc(C(=O)Nc2ccc(F)cc2F)c(Nc2ccc(Oc3ccnc4[nH]ccc34)c(F)c2)n1.Cl.Cl. The summed E-state index contributed by atoms with van der Waals surface area (Å²) in [7, 11) is 0. The molecule has 0 unspecified atom stereocenters. The minimum absolute atomic E-state index is 0. The fourth-order valence-electron chi connectivity index (χ4n) is 3.56. The fraction of sp³-hybridized carbons (Fsp3) is 0.0385. The first-order valence-electron chi connectivity index (χ1n) is 10.8. The van der Waals surface area contributed by atoms with Gasteiger partial charge in [0, 0.05) is 35.9 Å². The first-order chi connectivity index (χ1) is 17.4. The third-order valence-electron chi connectivity index (χ3n) is 5.29. The van der Waals surface area contributed by atoms with Gasteiger partial charge in [-0.3, -0.25) is 4.79 Å². The molecule has 3 aromatic heterocycles. The zero-order valence-electron chi connectivity index (χ0n) is 19.6. The number of aryl methyl sites for hydroxylation is 1. The summed E-state index contributed by atoms with van der Waals surface area (Å²) in [5, 5.41) is 6.03. The predicted molar refractivity (Wildman–Crippen MR) is 144 cm³/mol. The Balaban J connectivity index is 0.00000200. The maximum absolute atomic E-state index is 14.9. The monoisotopic (exact) mass is 561 g/mol. The van der Waals surface area contributed by atoms with Gasteiger partial charge in [-0.25, -0.2) is 23.1 Å². The van der Waals surface area contributed by atoms with Crippen LogP contribution >= 0.6 is 24.8 Å². The van der Waals surface area contributed by atoms with Crippen molar-refractivity contribution in [1.82, 2.24) is 15.0 Å². The van der Waals surface area contributed by atoms with E-state index in [0.717, 1.165) is 12.1 Å². The molecular weight excluding hydrogens is 542 g/mol. The summed E-state index contributed by atoms with van der Waals surface area (Å²) in [5.41, 5.74) is 1.41. The molecule has 5 aromatic rings. The van der Waals surface area contributed by atoms with Crippen LogP contribution < -0.4 is 15.4 Å². The van der Waals surface area contributed by atoms with Gasteiger partial charge >= 0.3 is 0 Å². The zero-order valence-corrected chi connectivity index (χ0v) is 21.2. The lowest BCUT2D eigenvalue weighted by molar-refractivity contribution is 0.102. The van der Waals surface area contributed by atoms with Crippen molar-refractivity contribution in [2.75, 3.05) is 10.6 Å². The van der Waals surface area contributed by atoms with E-state index in [9.17, 15) is 18.0 Å². The Morgan fingerprint density at radius 1 is 0.921 bits per heavy atom. The van der Waals surface area contributed by atoms with E-state index in [1.54, 1.807) is 43.6 Å². The van der Waals surface area contributed by atoms with Gasteiger partial charge in [-0.05, 0) is 55.5 Å². The van der Waals surface area contributed by atoms with E-state index in [0.29, 0.717) is 34.2 Å². The molecule has 12 heteroatoms. The average Bonchev–Trinajstić information content (AvgIpc) is 3.33. The van der Waals surface area contributed by atoms with Gasteiger partial charge in [0.15, 0.2) is 11.6 Å². The number of benzene rings is 2. The fourth-order valence-corrected chi connectivity index (χ4v) is 3.56. The minimum Gasteiger partial charge on any atom is -0.453 e. The van der Waals surface area contributed by atoms with Crippen molar-refractivity contribution in [3.63, 3.8) is 0 Å². The van der Waals surface area contributed by atoms with Crippen LogP contribution in [0.2, 0.25) is 0 Å². The number of H-pyrrole nitrogens is 1. The van der Waals surface area contributed by atoms with E-state index in [-0.39, 0.29) is 47.6 Å². The highest BCUT2D eigenvalue weighted by atomic mass is 35.5. The van der Waals surface area contributed by atoms with Gasteiger partial charge in [0.2, 0.25) is 0 Å². The van der Waals surface area contributed by atoms with Crippen molar-refractivity contribution >= 4 is 58.9 Å². The molecule has 0 saturated heterocycles. The second-order valence-electron chi connectivity index (χ2n) is 7.85. The highest BCUT2D eigenvalue weighted by Gasteiger charge is 2.17. The molecule has 0 saturated carbocycles. The lowest BCUT2D eigenvalue weighted by Gasteiger charge is -2.14. The lowest BCUT2D eigenvalue weighted by Crippen LogP contribution is -2.16. The van der Waals surface area contributed by atoms with Gasteiger partial charge in [0.25, 0.3) is 5.91 Å². The Bertz CT molecular complexity index is 1610. The van der Waals surface area contributed by atoms with Crippen molar-refractivity contribution in [2.45, 2.75) is 6.92 Å². The van der Waals surface area contributed by atoms with Crippen LogP contribution in [0.1, 0.15) is 16.1 Å². The van der Waals surface area contributed by atoms with Crippen molar-refractivity contribution in [2.24, 2.45) is 0 Å². The highest BCUT2D eigenvalue weighted by molar-refractivity contribution is 6.08. The van der Waals surface area contributed by atoms with Crippen LogP contribution in [0.15, 0.2) is 73.1 Å². The number of aromatic amines is 1. The molecule has 196 valence electrons. The number of hydrogen-bond acceptors (Lipinski definition) is 5. The molecule has 0 aliphatic carbocycles. The maximum Gasteiger partial charge on any atom is 0.259 e. The van der Waals surface area contributed by atoms with Crippen molar-refractivity contribution < 1.29 is 22.7 Å². The van der Waals surface area contributed by atoms with Crippen molar-refractivity contribution in [3.05, 3.63) is 102 Å². The van der Waals surface area contributed by atoms with E-state index >= 15 is 0 Å². The Morgan fingerprint density at radius 3 is 2.50 bits per heavy atom. The van der Waals surface area contributed by atoms with E-state index in [1.807, 2.05) is 0 Å². The summed E-state index contributed by atoms with van der Waals surface area (Å²) in [4.78, 5) is 24.3. The van der Waals surface area contributed by atoms with E-state index in [4.69, 9.17) is 4.74 Å². The number of rotatable bonds is 6. The molecule has 0 atom stereocenters. The second kappa shape index (κ2) is 11.8. The number of aromatic nitrogens is 3. The normalized spacial score (nSPS) is 10.3. The first kappa shape index (κ1) is 28.3. The Labute approximate surface area is 227 Å². The number of pyridine rings is 2. The molecule has 5 rings (SSSR count). The summed E-state index contributed by atoms with van der Waals surface area (Å²) in [6, 6.07) is 13.6. The topological polar surface area (TPSA) is 91.9 Å². The van der Waals surface area contributed by atoms with E-state index in [1.165, 1.54) is 18.2 Å². The van der Waals surface area contributed by atoms with Gasteiger partial charge in [-0.15, -0.1) is 24.8 Å². The second-order valence-corrected chi connectivity index (χ2v) is 7.85. The van der Waals surface area contributed by atoms with Crippen LogP contribution in [0.25, 0.3) is 11.0 Å². The van der Waals surface area contributed by atoms with Crippen LogP contribution in [0.5, 0.6) is 11.5 Å². The van der Waals surface area contributed by atoms with Gasteiger partial charge in [-0.2, -0.15) is 0 Å². The third kappa shape index (κ3) is 5.99. The minimum atomic E-state index is -0.915. The van der Waals surface area contributed by atoms with Crippen LogP contribution in [0, 0.1) is 24.4 Å². The molecule has 0 radical (unpaired) electrons. The third-order valence-corrected chi connectivity index (χ3v) is 5.29. The molecule has 0 bridgehead atoms. The summed E-state index contributed by atoms with van der Waals surface area (Å²) < 4.78 is 47.8.